The number of aromatic nitrogens is 1. The van der Waals surface area contributed by atoms with Crippen LogP contribution in [0.25, 0.3) is 10.9 Å². The van der Waals surface area contributed by atoms with Gasteiger partial charge in [-0.1, -0.05) is 54.1 Å². The van der Waals surface area contributed by atoms with E-state index in [2.05, 4.69) is 54.4 Å². The minimum Gasteiger partial charge on any atom is -0.320 e. The molecule has 1 heterocycles. The second-order valence-corrected chi connectivity index (χ2v) is 4.81. The van der Waals surface area contributed by atoms with E-state index in [0.717, 1.165) is 22.0 Å². The Balaban J connectivity index is 2.11. The van der Waals surface area contributed by atoms with Crippen LogP contribution in [0, 0.1) is 6.92 Å². The van der Waals surface area contributed by atoms with Crippen LogP contribution in [0.5, 0.6) is 0 Å². The Labute approximate surface area is 112 Å². The number of para-hydroxylation sites is 1. The van der Waals surface area contributed by atoms with Crippen molar-refractivity contribution < 1.29 is 0 Å². The second-order valence-electron chi connectivity index (χ2n) is 4.81. The minimum absolute atomic E-state index is 0.140. The Morgan fingerprint density at radius 3 is 2.47 bits per heavy atom. The van der Waals surface area contributed by atoms with E-state index in [1.165, 1.54) is 5.56 Å². The Kier molecular flexibility index (Phi) is 3.02. The smallest absolute Gasteiger partial charge is 0.0753 e. The Morgan fingerprint density at radius 2 is 1.68 bits per heavy atom. The molecule has 0 aliphatic rings. The van der Waals surface area contributed by atoms with Gasteiger partial charge in [-0.05, 0) is 24.1 Å². The van der Waals surface area contributed by atoms with Gasteiger partial charge in [0, 0.05) is 11.6 Å². The van der Waals surface area contributed by atoms with E-state index in [-0.39, 0.29) is 6.04 Å². The van der Waals surface area contributed by atoms with Gasteiger partial charge >= 0.3 is 0 Å². The molecule has 2 N–H and O–H groups in total. The topological polar surface area (TPSA) is 38.9 Å². The van der Waals surface area contributed by atoms with E-state index >= 15 is 0 Å². The summed E-state index contributed by atoms with van der Waals surface area (Å²) in [5.74, 6) is 0. The third-order valence-corrected chi connectivity index (χ3v) is 3.44. The molecule has 3 aromatic rings. The van der Waals surface area contributed by atoms with Crippen LogP contribution in [-0.4, -0.2) is 4.98 Å². The van der Waals surface area contributed by atoms with E-state index in [1.54, 1.807) is 0 Å². The summed E-state index contributed by atoms with van der Waals surface area (Å²) in [5.41, 5.74) is 10.8. The number of benzene rings is 2. The Hall–Kier alpha value is -2.19. The van der Waals surface area contributed by atoms with Crippen molar-refractivity contribution >= 4 is 10.9 Å². The second kappa shape index (κ2) is 4.82. The molecule has 0 spiro atoms. The average Bonchev–Trinajstić information content (AvgIpc) is 2.47. The number of hydrogen-bond donors (Lipinski definition) is 1. The van der Waals surface area contributed by atoms with Gasteiger partial charge in [0.15, 0.2) is 0 Å². The molecule has 2 aromatic carbocycles. The van der Waals surface area contributed by atoms with Crippen molar-refractivity contribution in [2.45, 2.75) is 13.0 Å². The fourth-order valence-corrected chi connectivity index (χ4v) is 2.33. The summed E-state index contributed by atoms with van der Waals surface area (Å²) >= 11 is 0. The first-order valence-corrected chi connectivity index (χ1v) is 6.41. The van der Waals surface area contributed by atoms with E-state index in [9.17, 15) is 0 Å². The molecule has 0 saturated carbocycles. The van der Waals surface area contributed by atoms with Crippen LogP contribution < -0.4 is 5.73 Å². The first-order valence-electron chi connectivity index (χ1n) is 6.41. The zero-order chi connectivity index (χ0) is 13.2. The monoisotopic (exact) mass is 248 g/mol. The highest BCUT2D eigenvalue weighted by Gasteiger charge is 2.12. The molecule has 0 radical (unpaired) electrons. The van der Waals surface area contributed by atoms with Gasteiger partial charge in [-0.3, -0.25) is 4.98 Å². The lowest BCUT2D eigenvalue weighted by Gasteiger charge is -2.14. The Bertz CT molecular complexity index is 697. The molecule has 0 fully saturated rings. The van der Waals surface area contributed by atoms with E-state index in [1.807, 2.05) is 18.3 Å². The number of aryl methyl sites for hydroxylation is 1. The summed E-state index contributed by atoms with van der Waals surface area (Å²) in [5, 5.41) is 1.13. The summed E-state index contributed by atoms with van der Waals surface area (Å²) in [6, 6.07) is 18.4. The average molecular weight is 248 g/mol. The van der Waals surface area contributed by atoms with Crippen LogP contribution >= 0.6 is 0 Å². The zero-order valence-electron chi connectivity index (χ0n) is 10.9. The number of nitrogens with zero attached hydrogens (tertiary/aromatic N) is 1. The molecular formula is C17H16N2. The van der Waals surface area contributed by atoms with Gasteiger partial charge in [0.25, 0.3) is 0 Å². The number of hydrogen-bond acceptors (Lipinski definition) is 2. The molecule has 2 heteroatoms. The summed E-state index contributed by atoms with van der Waals surface area (Å²) in [6.07, 6.45) is 1.81. The van der Waals surface area contributed by atoms with Gasteiger partial charge in [0.1, 0.15) is 0 Å². The normalized spacial score (nSPS) is 12.5. The van der Waals surface area contributed by atoms with Crippen molar-refractivity contribution in [2.75, 3.05) is 0 Å². The van der Waals surface area contributed by atoms with Crippen molar-refractivity contribution in [3.63, 3.8) is 0 Å². The number of pyridine rings is 1. The van der Waals surface area contributed by atoms with Crippen LogP contribution in [0.2, 0.25) is 0 Å². The highest BCUT2D eigenvalue weighted by Crippen LogP contribution is 2.25. The first-order chi connectivity index (χ1) is 9.25. The molecule has 0 saturated heterocycles. The standard InChI is InChI=1S/C17H16N2/c1-12-7-9-13(10-8-12)16(18)15-6-2-4-14-5-3-11-19-17(14)15/h2-11,16H,18H2,1H3. The molecule has 0 amide bonds. The summed E-state index contributed by atoms with van der Waals surface area (Å²) in [6.45, 7) is 2.08. The summed E-state index contributed by atoms with van der Waals surface area (Å²) in [4.78, 5) is 4.47. The van der Waals surface area contributed by atoms with Crippen LogP contribution in [0.3, 0.4) is 0 Å². The molecule has 2 nitrogen and oxygen atoms in total. The summed E-state index contributed by atoms with van der Waals surface area (Å²) in [7, 11) is 0. The van der Waals surface area contributed by atoms with Crippen LogP contribution in [0.4, 0.5) is 0 Å². The zero-order valence-corrected chi connectivity index (χ0v) is 10.9. The van der Waals surface area contributed by atoms with Gasteiger partial charge in [-0.2, -0.15) is 0 Å². The molecule has 3 rings (SSSR count). The van der Waals surface area contributed by atoms with Crippen LogP contribution in [0.15, 0.2) is 60.8 Å². The molecule has 1 atom stereocenters. The predicted molar refractivity (Wildman–Crippen MR) is 79.0 cm³/mol. The van der Waals surface area contributed by atoms with Gasteiger partial charge in [-0.15, -0.1) is 0 Å². The lowest BCUT2D eigenvalue weighted by atomic mass is 9.96. The molecule has 0 bridgehead atoms. The molecule has 94 valence electrons. The highest BCUT2D eigenvalue weighted by atomic mass is 14.7. The minimum atomic E-state index is -0.140. The van der Waals surface area contributed by atoms with E-state index in [4.69, 9.17) is 5.73 Å². The van der Waals surface area contributed by atoms with Gasteiger partial charge in [0.2, 0.25) is 0 Å². The SMILES string of the molecule is Cc1ccc(C(N)c2cccc3cccnc23)cc1. The number of nitrogens with two attached hydrogens (primary N) is 1. The largest absolute Gasteiger partial charge is 0.320 e. The third kappa shape index (κ3) is 2.23. The molecule has 1 aromatic heterocycles. The maximum Gasteiger partial charge on any atom is 0.0753 e. The highest BCUT2D eigenvalue weighted by molar-refractivity contribution is 5.82. The van der Waals surface area contributed by atoms with Crippen molar-refractivity contribution in [1.29, 1.82) is 0 Å². The fraction of sp³-hybridized carbons (Fsp3) is 0.118. The molecule has 19 heavy (non-hydrogen) atoms. The molecule has 1 unspecified atom stereocenters. The molecule has 0 aliphatic heterocycles. The number of rotatable bonds is 2. The van der Waals surface area contributed by atoms with Crippen molar-refractivity contribution in [2.24, 2.45) is 5.73 Å². The summed E-state index contributed by atoms with van der Waals surface area (Å²) < 4.78 is 0. The molecular weight excluding hydrogens is 232 g/mol. The van der Waals surface area contributed by atoms with Crippen molar-refractivity contribution in [1.82, 2.24) is 4.98 Å². The third-order valence-electron chi connectivity index (χ3n) is 3.44. The number of fused-ring (bicyclic) bond motifs is 1. The van der Waals surface area contributed by atoms with Crippen LogP contribution in [-0.2, 0) is 0 Å². The first kappa shape index (κ1) is 11.9. The van der Waals surface area contributed by atoms with Gasteiger partial charge in [-0.25, -0.2) is 0 Å². The lowest BCUT2D eigenvalue weighted by molar-refractivity contribution is 0.876. The quantitative estimate of drug-likeness (QED) is 0.752. The van der Waals surface area contributed by atoms with Crippen molar-refractivity contribution in [3.05, 3.63) is 77.5 Å². The Morgan fingerprint density at radius 1 is 0.947 bits per heavy atom. The lowest BCUT2D eigenvalue weighted by Crippen LogP contribution is -2.12. The maximum absolute atomic E-state index is 6.39. The van der Waals surface area contributed by atoms with E-state index in [0.29, 0.717) is 0 Å². The van der Waals surface area contributed by atoms with E-state index < -0.39 is 0 Å². The maximum atomic E-state index is 6.39. The molecule has 0 aliphatic carbocycles. The fourth-order valence-electron chi connectivity index (χ4n) is 2.33. The van der Waals surface area contributed by atoms with Crippen molar-refractivity contribution in [3.8, 4) is 0 Å². The predicted octanol–water partition coefficient (Wildman–Crippen LogP) is 3.59. The van der Waals surface area contributed by atoms with Crippen LogP contribution in [0.1, 0.15) is 22.7 Å². The van der Waals surface area contributed by atoms with Gasteiger partial charge in [0.05, 0.1) is 11.6 Å². The van der Waals surface area contributed by atoms with Gasteiger partial charge < -0.3 is 5.73 Å².